The monoisotopic (exact) mass is 787 g/mol. The van der Waals surface area contributed by atoms with E-state index in [9.17, 15) is 0 Å². The molecule has 0 aliphatic rings. The average molecular weight is 787 g/mol. The van der Waals surface area contributed by atoms with Crippen molar-refractivity contribution in [3.8, 4) is 22.5 Å². The Labute approximate surface area is 285 Å². The van der Waals surface area contributed by atoms with E-state index in [1.807, 2.05) is 79.0 Å². The molecule has 0 aliphatic carbocycles. The Morgan fingerprint density at radius 3 is 2.07 bits per heavy atom. The van der Waals surface area contributed by atoms with Gasteiger partial charge in [-0.05, 0) is 64.1 Å². The van der Waals surface area contributed by atoms with E-state index in [-0.39, 0.29) is 36.9 Å². The Morgan fingerprint density at radius 1 is 0.711 bits per heavy atom. The number of aryl methyl sites for hydroxylation is 2. The summed E-state index contributed by atoms with van der Waals surface area (Å²) in [7, 11) is -1.23. The molecule has 8 rings (SSSR count). The van der Waals surface area contributed by atoms with Crippen molar-refractivity contribution >= 4 is 57.1 Å². The molecular weight excluding hydrogens is 749 g/mol. The molecule has 0 spiro atoms. The van der Waals surface area contributed by atoms with Crippen LogP contribution in [0.5, 0.6) is 0 Å². The molecule has 0 fully saturated rings. The van der Waals surface area contributed by atoms with Gasteiger partial charge in [-0.2, -0.15) is 0 Å². The zero-order valence-electron chi connectivity index (χ0n) is 30.9. The van der Waals surface area contributed by atoms with E-state index in [4.69, 9.17) is 17.1 Å². The van der Waals surface area contributed by atoms with Crippen molar-refractivity contribution in [2.24, 2.45) is 0 Å². The SMILES string of the molecule is C[Si](C)(C)c1ccc(-c2[c-]cccc2)nc1.[2H]C([2H])([2H])c1cnc(-c2[c-]c3oc4ccccc4c3c3c2oc2ccccc23)cc1C([2H])([2H])[2H].[Ir]. The summed E-state index contributed by atoms with van der Waals surface area (Å²) in [6.45, 7) is 1.74. The van der Waals surface area contributed by atoms with Crippen LogP contribution in [-0.4, -0.2) is 18.0 Å². The first-order valence-corrected chi connectivity index (χ1v) is 17.8. The van der Waals surface area contributed by atoms with Gasteiger partial charge in [0.2, 0.25) is 0 Å². The molecule has 6 heteroatoms. The molecular formula is C39H32IrN2O2Si-2. The van der Waals surface area contributed by atoms with Crippen molar-refractivity contribution in [2.75, 3.05) is 0 Å². The molecule has 0 amide bonds. The maximum Gasteiger partial charge on any atom is 0.123 e. The summed E-state index contributed by atoms with van der Waals surface area (Å²) in [6.07, 6.45) is 3.12. The molecule has 0 saturated heterocycles. The third kappa shape index (κ3) is 5.77. The van der Waals surface area contributed by atoms with Crippen LogP contribution < -0.4 is 5.19 Å². The fraction of sp³-hybridized carbons (Fsp3) is 0.128. The molecule has 0 bridgehead atoms. The Bertz CT molecular complexity index is 2500. The second-order valence-electron chi connectivity index (χ2n) is 11.7. The molecule has 4 heterocycles. The molecule has 0 N–H and O–H groups in total. The maximum atomic E-state index is 7.91. The van der Waals surface area contributed by atoms with Gasteiger partial charge in [-0.25, -0.2) is 0 Å². The first-order chi connectivity index (χ1) is 23.7. The predicted molar refractivity (Wildman–Crippen MR) is 184 cm³/mol. The van der Waals surface area contributed by atoms with Crippen LogP contribution in [0.15, 0.2) is 112 Å². The molecule has 1 radical (unpaired) electrons. The molecule has 0 saturated carbocycles. The van der Waals surface area contributed by atoms with Crippen molar-refractivity contribution in [1.82, 2.24) is 9.97 Å². The summed E-state index contributed by atoms with van der Waals surface area (Å²) < 4.78 is 59.3. The second kappa shape index (κ2) is 12.2. The van der Waals surface area contributed by atoms with E-state index < -0.39 is 21.8 Å². The average Bonchev–Trinajstić information content (AvgIpc) is 3.65. The van der Waals surface area contributed by atoms with Gasteiger partial charge in [0, 0.05) is 46.1 Å². The normalized spacial score (nSPS) is 14.0. The topological polar surface area (TPSA) is 52.1 Å². The summed E-state index contributed by atoms with van der Waals surface area (Å²) in [6, 6.07) is 35.2. The molecule has 45 heavy (non-hydrogen) atoms. The van der Waals surface area contributed by atoms with Crippen LogP contribution in [0, 0.1) is 25.8 Å². The van der Waals surface area contributed by atoms with Crippen LogP contribution >= 0.6 is 0 Å². The van der Waals surface area contributed by atoms with Crippen molar-refractivity contribution in [2.45, 2.75) is 33.3 Å². The van der Waals surface area contributed by atoms with Crippen LogP contribution in [0.2, 0.25) is 19.6 Å². The Morgan fingerprint density at radius 2 is 1.40 bits per heavy atom. The van der Waals surface area contributed by atoms with E-state index in [2.05, 4.69) is 53.9 Å². The van der Waals surface area contributed by atoms with E-state index in [0.29, 0.717) is 27.9 Å². The van der Waals surface area contributed by atoms with Crippen LogP contribution in [0.3, 0.4) is 0 Å². The number of para-hydroxylation sites is 2. The number of hydrogen-bond donors (Lipinski definition) is 0. The van der Waals surface area contributed by atoms with Gasteiger partial charge in [-0.3, -0.25) is 0 Å². The summed E-state index contributed by atoms with van der Waals surface area (Å²) in [5.74, 6) is 0. The zero-order chi connectivity index (χ0) is 35.4. The number of rotatable bonds is 3. The smallest absolute Gasteiger partial charge is 0.123 e. The summed E-state index contributed by atoms with van der Waals surface area (Å²) >= 11 is 0. The molecule has 4 nitrogen and oxygen atoms in total. The standard InChI is InChI=1S/C25H16NO2.C14H16NSi.Ir/c1-14-11-19(26-13-15(14)2)18-12-22-23(16-7-3-5-9-20(16)27-22)24-17-8-4-6-10-21(17)28-25(18)24;1-16(2,3)13-9-10-14(15-11-13)12-7-5-4-6-8-12;/h3-11,13H,1-2H3;4-7,9-11H,1-3H3;/q2*-1;/i1D3,2D3;;. The van der Waals surface area contributed by atoms with Gasteiger partial charge < -0.3 is 18.8 Å². The second-order valence-corrected chi connectivity index (χ2v) is 16.8. The van der Waals surface area contributed by atoms with E-state index in [1.165, 1.54) is 11.3 Å². The number of fused-ring (bicyclic) bond motifs is 7. The van der Waals surface area contributed by atoms with E-state index >= 15 is 0 Å². The van der Waals surface area contributed by atoms with Crippen LogP contribution in [0.4, 0.5) is 0 Å². The van der Waals surface area contributed by atoms with Crippen molar-refractivity contribution in [3.63, 3.8) is 0 Å². The predicted octanol–water partition coefficient (Wildman–Crippen LogP) is 10.1. The van der Waals surface area contributed by atoms with Gasteiger partial charge in [0.15, 0.2) is 0 Å². The Hall–Kier alpha value is -4.35. The first kappa shape index (κ1) is 24.0. The summed E-state index contributed by atoms with van der Waals surface area (Å²) in [5.41, 5.74) is 4.42. The number of pyridine rings is 2. The number of aromatic nitrogens is 2. The van der Waals surface area contributed by atoms with Crippen LogP contribution in [0.25, 0.3) is 66.4 Å². The Balaban J connectivity index is 0.000000222. The quantitative estimate of drug-likeness (QED) is 0.132. The van der Waals surface area contributed by atoms with Gasteiger partial charge in [-0.15, -0.1) is 35.9 Å². The fourth-order valence-electron chi connectivity index (χ4n) is 5.34. The maximum absolute atomic E-state index is 7.91. The molecule has 0 unspecified atom stereocenters. The zero-order valence-corrected chi connectivity index (χ0v) is 28.3. The third-order valence-corrected chi connectivity index (χ3v) is 9.71. The van der Waals surface area contributed by atoms with E-state index in [1.54, 1.807) is 0 Å². The first-order valence-electron chi connectivity index (χ1n) is 17.3. The molecule has 8 aromatic rings. The molecule has 4 aromatic heterocycles. The summed E-state index contributed by atoms with van der Waals surface area (Å²) in [5, 5.41) is 4.83. The molecule has 0 atom stereocenters. The van der Waals surface area contributed by atoms with Crippen molar-refractivity contribution in [1.29, 1.82) is 0 Å². The summed E-state index contributed by atoms with van der Waals surface area (Å²) in [4.78, 5) is 8.85. The minimum atomic E-state index is -2.64. The van der Waals surface area contributed by atoms with Gasteiger partial charge in [0.05, 0.1) is 19.2 Å². The van der Waals surface area contributed by atoms with Crippen LogP contribution in [0.1, 0.15) is 19.4 Å². The number of hydrogen-bond acceptors (Lipinski definition) is 4. The van der Waals surface area contributed by atoms with Gasteiger partial charge in [0.1, 0.15) is 11.2 Å². The molecule has 4 aromatic carbocycles. The third-order valence-electron chi connectivity index (χ3n) is 7.68. The van der Waals surface area contributed by atoms with Crippen molar-refractivity contribution < 1.29 is 37.2 Å². The Kier molecular flexibility index (Phi) is 6.50. The fourth-order valence-corrected chi connectivity index (χ4v) is 6.38. The van der Waals surface area contributed by atoms with Gasteiger partial charge >= 0.3 is 0 Å². The van der Waals surface area contributed by atoms with Gasteiger partial charge in [0.25, 0.3) is 0 Å². The molecule has 0 aliphatic heterocycles. The van der Waals surface area contributed by atoms with Gasteiger partial charge in [-0.1, -0.05) is 91.4 Å². The minimum Gasteiger partial charge on any atom is -0.501 e. The minimum absolute atomic E-state index is 0. The number of furan rings is 2. The van der Waals surface area contributed by atoms with Crippen molar-refractivity contribution in [3.05, 3.63) is 127 Å². The molecule has 225 valence electrons. The van der Waals surface area contributed by atoms with E-state index in [0.717, 1.165) is 39.0 Å². The largest absolute Gasteiger partial charge is 0.501 e. The number of nitrogens with zero attached hydrogens (tertiary/aromatic N) is 2. The van der Waals surface area contributed by atoms with Crippen LogP contribution in [-0.2, 0) is 20.1 Å². The number of benzene rings is 4.